The Morgan fingerprint density at radius 1 is 1.10 bits per heavy atom. The number of halogens is 2. The predicted molar refractivity (Wildman–Crippen MR) is 114 cm³/mol. The lowest BCUT2D eigenvalue weighted by atomic mass is 10.2. The van der Waals surface area contributed by atoms with Gasteiger partial charge in [0.05, 0.1) is 9.92 Å². The second-order valence-electron chi connectivity index (χ2n) is 6.49. The summed E-state index contributed by atoms with van der Waals surface area (Å²) in [6, 6.07) is 18.9. The zero-order valence-electron chi connectivity index (χ0n) is 16.0. The van der Waals surface area contributed by atoms with Crippen LogP contribution < -0.4 is 4.74 Å². The van der Waals surface area contributed by atoms with E-state index < -0.39 is 15.7 Å². The van der Waals surface area contributed by atoms with Crippen molar-refractivity contribution in [1.82, 2.24) is 0 Å². The molecule has 0 radical (unpaired) electrons. The molecule has 0 N–H and O–H groups in total. The Kier molecular flexibility index (Phi) is 6.56. The molecule has 0 spiro atoms. The number of aryl methyl sites for hydroxylation is 1. The molecule has 3 aromatic carbocycles. The molecule has 0 bridgehead atoms. The first-order chi connectivity index (χ1) is 14.3. The third-order valence-corrected chi connectivity index (χ3v) is 6.39. The maximum absolute atomic E-state index is 13.8. The zero-order chi connectivity index (χ0) is 21.7. The van der Waals surface area contributed by atoms with Gasteiger partial charge in [0, 0.05) is 5.56 Å². The number of nitriles is 1. The summed E-state index contributed by atoms with van der Waals surface area (Å²) in [4.78, 5) is -0.305. The first-order valence-corrected chi connectivity index (χ1v) is 10.8. The van der Waals surface area contributed by atoms with Crippen LogP contribution in [-0.4, -0.2) is 8.42 Å². The van der Waals surface area contributed by atoms with Gasteiger partial charge in [-0.1, -0.05) is 47.5 Å². The molecular formula is C23H17ClFNO3S. The Hall–Kier alpha value is -3.14. The van der Waals surface area contributed by atoms with E-state index in [4.69, 9.17) is 16.3 Å². The van der Waals surface area contributed by atoms with Gasteiger partial charge in [-0.25, -0.2) is 12.8 Å². The number of hydrogen-bond donors (Lipinski definition) is 0. The minimum absolute atomic E-state index is 0.0497. The molecule has 0 amide bonds. The maximum Gasteiger partial charge on any atom is 0.216 e. The van der Waals surface area contributed by atoms with Crippen LogP contribution in [0, 0.1) is 24.1 Å². The normalized spacial score (nSPS) is 11.7. The molecule has 0 saturated heterocycles. The Bertz CT molecular complexity index is 1210. The highest BCUT2D eigenvalue weighted by Crippen LogP contribution is 2.24. The number of hydrogen-bond acceptors (Lipinski definition) is 4. The van der Waals surface area contributed by atoms with Crippen molar-refractivity contribution >= 4 is 27.5 Å². The molecule has 3 aromatic rings. The number of benzene rings is 3. The fourth-order valence-electron chi connectivity index (χ4n) is 2.65. The lowest BCUT2D eigenvalue weighted by Crippen LogP contribution is -2.03. The fraction of sp³-hybridized carbons (Fsp3) is 0.0870. The van der Waals surface area contributed by atoms with Crippen LogP contribution in [0.1, 0.15) is 16.7 Å². The molecule has 0 fully saturated rings. The van der Waals surface area contributed by atoms with Gasteiger partial charge in [-0.3, -0.25) is 0 Å². The standard InChI is InChI=1S/C23H17ClFNO3S/c1-16-5-11-19(12-6-16)30(27,28)20(14-26)13-17-7-9-18(10-8-17)29-15-21-22(24)3-2-4-23(21)25/h2-13H,15H2,1H3. The van der Waals surface area contributed by atoms with Crippen molar-refractivity contribution in [1.29, 1.82) is 5.26 Å². The number of nitrogens with zero attached hydrogens (tertiary/aromatic N) is 1. The molecule has 152 valence electrons. The van der Waals surface area contributed by atoms with E-state index in [2.05, 4.69) is 0 Å². The average molecular weight is 442 g/mol. The maximum atomic E-state index is 13.8. The molecule has 0 unspecified atom stereocenters. The van der Waals surface area contributed by atoms with Crippen molar-refractivity contribution in [2.45, 2.75) is 18.4 Å². The summed E-state index contributed by atoms with van der Waals surface area (Å²) in [6.45, 7) is 1.80. The van der Waals surface area contributed by atoms with Crippen molar-refractivity contribution in [2.75, 3.05) is 0 Å². The first kappa shape index (κ1) is 21.6. The summed E-state index contributed by atoms with van der Waals surface area (Å²) in [7, 11) is -3.92. The molecule has 30 heavy (non-hydrogen) atoms. The summed E-state index contributed by atoms with van der Waals surface area (Å²) in [5, 5.41) is 9.66. The predicted octanol–water partition coefficient (Wildman–Crippen LogP) is 5.70. The first-order valence-electron chi connectivity index (χ1n) is 8.90. The van der Waals surface area contributed by atoms with E-state index in [1.807, 2.05) is 6.92 Å². The molecule has 0 aliphatic heterocycles. The highest BCUT2D eigenvalue weighted by atomic mass is 35.5. The van der Waals surface area contributed by atoms with Gasteiger partial charge in [-0.05, 0) is 55.0 Å². The Morgan fingerprint density at radius 3 is 2.37 bits per heavy atom. The smallest absolute Gasteiger partial charge is 0.216 e. The van der Waals surface area contributed by atoms with E-state index in [1.54, 1.807) is 48.5 Å². The van der Waals surface area contributed by atoms with Gasteiger partial charge in [-0.15, -0.1) is 0 Å². The van der Waals surface area contributed by atoms with Crippen LogP contribution >= 0.6 is 11.6 Å². The number of allylic oxidation sites excluding steroid dienone is 1. The van der Waals surface area contributed by atoms with Crippen molar-refractivity contribution < 1.29 is 17.5 Å². The van der Waals surface area contributed by atoms with Gasteiger partial charge in [0.15, 0.2) is 0 Å². The van der Waals surface area contributed by atoms with E-state index in [1.165, 1.54) is 30.3 Å². The number of sulfone groups is 1. The summed E-state index contributed by atoms with van der Waals surface area (Å²) < 4.78 is 44.8. The summed E-state index contributed by atoms with van der Waals surface area (Å²) in [6.07, 6.45) is 1.30. The molecular weight excluding hydrogens is 425 g/mol. The lowest BCUT2D eigenvalue weighted by Gasteiger charge is -2.09. The second-order valence-corrected chi connectivity index (χ2v) is 8.82. The molecule has 0 saturated carbocycles. The Labute approximate surface area is 179 Å². The summed E-state index contributed by atoms with van der Waals surface area (Å²) in [5.41, 5.74) is 1.68. The van der Waals surface area contributed by atoms with Crippen LogP contribution in [0.2, 0.25) is 5.02 Å². The molecule has 7 heteroatoms. The van der Waals surface area contributed by atoms with Crippen molar-refractivity contribution in [2.24, 2.45) is 0 Å². The van der Waals surface area contributed by atoms with Crippen LogP contribution in [-0.2, 0) is 16.4 Å². The molecule has 0 atom stereocenters. The number of ether oxygens (including phenoxy) is 1. The Morgan fingerprint density at radius 2 is 1.77 bits per heavy atom. The zero-order valence-corrected chi connectivity index (χ0v) is 17.5. The van der Waals surface area contributed by atoms with E-state index >= 15 is 0 Å². The van der Waals surface area contributed by atoms with Gasteiger partial charge in [0.25, 0.3) is 0 Å². The van der Waals surface area contributed by atoms with E-state index in [0.29, 0.717) is 11.3 Å². The molecule has 4 nitrogen and oxygen atoms in total. The van der Waals surface area contributed by atoms with Gasteiger partial charge in [0.1, 0.15) is 29.1 Å². The van der Waals surface area contributed by atoms with Crippen molar-refractivity contribution in [3.8, 4) is 11.8 Å². The fourth-order valence-corrected chi connectivity index (χ4v) is 4.03. The summed E-state index contributed by atoms with van der Waals surface area (Å²) >= 11 is 5.98. The number of rotatable bonds is 6. The van der Waals surface area contributed by atoms with E-state index in [9.17, 15) is 18.1 Å². The van der Waals surface area contributed by atoms with Gasteiger partial charge in [0.2, 0.25) is 9.84 Å². The molecule has 0 heterocycles. The van der Waals surface area contributed by atoms with Crippen LogP contribution in [0.3, 0.4) is 0 Å². The minimum Gasteiger partial charge on any atom is -0.489 e. The van der Waals surface area contributed by atoms with E-state index in [0.717, 1.165) is 5.56 Å². The highest BCUT2D eigenvalue weighted by molar-refractivity contribution is 7.95. The molecule has 0 aliphatic rings. The van der Waals surface area contributed by atoms with Gasteiger partial charge >= 0.3 is 0 Å². The minimum atomic E-state index is -3.92. The highest BCUT2D eigenvalue weighted by Gasteiger charge is 2.20. The topological polar surface area (TPSA) is 67.2 Å². The van der Waals surface area contributed by atoms with E-state index in [-0.39, 0.29) is 27.0 Å². The third-order valence-electron chi connectivity index (χ3n) is 4.35. The van der Waals surface area contributed by atoms with Crippen LogP contribution in [0.15, 0.2) is 76.5 Å². The SMILES string of the molecule is Cc1ccc(S(=O)(=O)C(C#N)=Cc2ccc(OCc3c(F)cccc3Cl)cc2)cc1. The molecule has 0 aliphatic carbocycles. The average Bonchev–Trinajstić information content (AvgIpc) is 2.73. The van der Waals surface area contributed by atoms with Gasteiger partial charge < -0.3 is 4.74 Å². The Balaban J connectivity index is 1.78. The monoisotopic (exact) mass is 441 g/mol. The van der Waals surface area contributed by atoms with Gasteiger partial charge in [-0.2, -0.15) is 5.26 Å². The lowest BCUT2D eigenvalue weighted by molar-refractivity contribution is 0.300. The van der Waals surface area contributed by atoms with Crippen LogP contribution in [0.5, 0.6) is 5.75 Å². The molecule has 0 aromatic heterocycles. The largest absolute Gasteiger partial charge is 0.489 e. The van der Waals surface area contributed by atoms with Crippen molar-refractivity contribution in [3.63, 3.8) is 0 Å². The second kappa shape index (κ2) is 9.12. The molecule has 3 rings (SSSR count). The van der Waals surface area contributed by atoms with Crippen LogP contribution in [0.25, 0.3) is 6.08 Å². The summed E-state index contributed by atoms with van der Waals surface area (Å²) in [5.74, 6) is -0.00611. The van der Waals surface area contributed by atoms with Crippen molar-refractivity contribution in [3.05, 3.63) is 99.2 Å². The quantitative estimate of drug-likeness (QED) is 0.460. The third kappa shape index (κ3) is 4.88. The van der Waals surface area contributed by atoms with Crippen LogP contribution in [0.4, 0.5) is 4.39 Å².